The lowest BCUT2D eigenvalue weighted by atomic mass is 10.0. The highest BCUT2D eigenvalue weighted by Crippen LogP contribution is 2.23. The van der Waals surface area contributed by atoms with Gasteiger partial charge in [-0.1, -0.05) is 45.0 Å². The molecule has 2 rings (SSSR count). The van der Waals surface area contributed by atoms with Crippen LogP contribution in [0, 0.1) is 0 Å². The molecule has 0 aromatic heterocycles. The molecule has 146 valence electrons. The predicted molar refractivity (Wildman–Crippen MR) is 112 cm³/mol. The number of amides is 1. The molecule has 0 saturated heterocycles. The quantitative estimate of drug-likeness (QED) is 0.774. The van der Waals surface area contributed by atoms with Crippen LogP contribution in [0.25, 0.3) is 0 Å². The van der Waals surface area contributed by atoms with Crippen LogP contribution < -0.4 is 9.62 Å². The molecule has 0 fully saturated rings. The van der Waals surface area contributed by atoms with E-state index in [1.165, 1.54) is 5.56 Å². The third kappa shape index (κ3) is 5.32. The molecule has 1 atom stereocenters. The Balaban J connectivity index is 2.23. The first-order chi connectivity index (χ1) is 12.6. The lowest BCUT2D eigenvalue weighted by molar-refractivity contribution is -0.116. The number of anilines is 2. The number of rotatable bonds is 7. The standard InChI is InChI=1S/C21H28N2O3S/c1-6-17-7-13-20(14-8-17)23(27(5,25)26)16(4)21(24)22-19-11-9-18(10-12-19)15(2)3/h7-16H,6H2,1-5H3,(H,22,24)/t16-/m1/s1. The van der Waals surface area contributed by atoms with Crippen LogP contribution in [-0.4, -0.2) is 26.6 Å². The van der Waals surface area contributed by atoms with E-state index in [4.69, 9.17) is 0 Å². The molecule has 0 bridgehead atoms. The summed E-state index contributed by atoms with van der Waals surface area (Å²) in [6, 6.07) is 13.9. The van der Waals surface area contributed by atoms with Crippen molar-refractivity contribution in [1.82, 2.24) is 0 Å². The van der Waals surface area contributed by atoms with E-state index >= 15 is 0 Å². The maximum atomic E-state index is 12.7. The second kappa shape index (κ2) is 8.57. The largest absolute Gasteiger partial charge is 0.324 e. The minimum atomic E-state index is -3.62. The monoisotopic (exact) mass is 388 g/mol. The van der Waals surface area contributed by atoms with Gasteiger partial charge < -0.3 is 5.32 Å². The summed E-state index contributed by atoms with van der Waals surface area (Å²) in [5, 5.41) is 2.81. The van der Waals surface area contributed by atoms with Crippen molar-refractivity contribution in [3.8, 4) is 0 Å². The van der Waals surface area contributed by atoms with E-state index in [1.54, 1.807) is 19.1 Å². The van der Waals surface area contributed by atoms with Crippen LogP contribution in [0.3, 0.4) is 0 Å². The van der Waals surface area contributed by atoms with E-state index in [0.717, 1.165) is 22.5 Å². The Hall–Kier alpha value is -2.34. The maximum Gasteiger partial charge on any atom is 0.247 e. The average Bonchev–Trinajstić information content (AvgIpc) is 2.61. The molecule has 27 heavy (non-hydrogen) atoms. The summed E-state index contributed by atoms with van der Waals surface area (Å²) in [6.07, 6.45) is 1.98. The third-order valence-corrected chi connectivity index (χ3v) is 5.77. The Morgan fingerprint density at radius 2 is 1.56 bits per heavy atom. The number of carbonyl (C=O) groups excluding carboxylic acids is 1. The van der Waals surface area contributed by atoms with Crippen LogP contribution in [0.4, 0.5) is 11.4 Å². The highest BCUT2D eigenvalue weighted by molar-refractivity contribution is 7.92. The van der Waals surface area contributed by atoms with Crippen LogP contribution in [0.5, 0.6) is 0 Å². The number of carbonyl (C=O) groups is 1. The van der Waals surface area contributed by atoms with Crippen molar-refractivity contribution < 1.29 is 13.2 Å². The molecule has 2 aromatic carbocycles. The van der Waals surface area contributed by atoms with Crippen molar-refractivity contribution in [1.29, 1.82) is 0 Å². The predicted octanol–water partition coefficient (Wildman–Crippen LogP) is 4.17. The summed E-state index contributed by atoms with van der Waals surface area (Å²) < 4.78 is 25.9. The topological polar surface area (TPSA) is 66.5 Å². The van der Waals surface area contributed by atoms with Gasteiger partial charge in [0.25, 0.3) is 0 Å². The molecule has 0 radical (unpaired) electrons. The summed E-state index contributed by atoms with van der Waals surface area (Å²) in [5.74, 6) is 0.0257. The van der Waals surface area contributed by atoms with Crippen molar-refractivity contribution >= 4 is 27.3 Å². The highest BCUT2D eigenvalue weighted by atomic mass is 32.2. The Labute approximate surface area is 162 Å². The van der Waals surface area contributed by atoms with Crippen LogP contribution in [0.15, 0.2) is 48.5 Å². The Morgan fingerprint density at radius 1 is 1.00 bits per heavy atom. The minimum absolute atomic E-state index is 0.378. The van der Waals surface area contributed by atoms with Gasteiger partial charge in [-0.2, -0.15) is 0 Å². The second-order valence-corrected chi connectivity index (χ2v) is 8.88. The summed E-state index contributed by atoms with van der Waals surface area (Å²) in [4.78, 5) is 12.7. The Morgan fingerprint density at radius 3 is 2.00 bits per heavy atom. The van der Waals surface area contributed by atoms with E-state index in [2.05, 4.69) is 19.2 Å². The van der Waals surface area contributed by atoms with Crippen LogP contribution in [-0.2, 0) is 21.2 Å². The molecular weight excluding hydrogens is 360 g/mol. The van der Waals surface area contributed by atoms with E-state index in [-0.39, 0.29) is 5.91 Å². The summed E-state index contributed by atoms with van der Waals surface area (Å²) in [6.45, 7) is 7.82. The molecule has 1 amide bonds. The summed E-state index contributed by atoms with van der Waals surface area (Å²) in [5.41, 5.74) is 3.41. The average molecular weight is 389 g/mol. The fourth-order valence-electron chi connectivity index (χ4n) is 2.89. The van der Waals surface area contributed by atoms with Gasteiger partial charge in [0, 0.05) is 5.69 Å². The lowest BCUT2D eigenvalue weighted by Gasteiger charge is -2.28. The van der Waals surface area contributed by atoms with Gasteiger partial charge in [-0.05, 0) is 54.7 Å². The van der Waals surface area contributed by atoms with Gasteiger partial charge in [0.05, 0.1) is 11.9 Å². The van der Waals surface area contributed by atoms with E-state index in [1.807, 2.05) is 43.3 Å². The zero-order chi connectivity index (χ0) is 20.2. The minimum Gasteiger partial charge on any atom is -0.324 e. The Kier molecular flexibility index (Phi) is 6.65. The molecule has 0 unspecified atom stereocenters. The van der Waals surface area contributed by atoms with Gasteiger partial charge in [-0.15, -0.1) is 0 Å². The van der Waals surface area contributed by atoms with Gasteiger partial charge in [-0.25, -0.2) is 8.42 Å². The van der Waals surface area contributed by atoms with Gasteiger partial charge in [0.15, 0.2) is 0 Å². The first-order valence-electron chi connectivity index (χ1n) is 9.12. The molecule has 2 aromatic rings. The van der Waals surface area contributed by atoms with Crippen molar-refractivity contribution in [2.45, 2.75) is 46.1 Å². The first kappa shape index (κ1) is 21.0. The van der Waals surface area contributed by atoms with Crippen LogP contribution >= 0.6 is 0 Å². The lowest BCUT2D eigenvalue weighted by Crippen LogP contribution is -2.45. The van der Waals surface area contributed by atoms with Crippen LogP contribution in [0.1, 0.15) is 44.7 Å². The normalized spacial score (nSPS) is 12.7. The number of benzene rings is 2. The SMILES string of the molecule is CCc1ccc(N([C@H](C)C(=O)Nc2ccc(C(C)C)cc2)S(C)(=O)=O)cc1. The zero-order valence-corrected chi connectivity index (χ0v) is 17.4. The number of sulfonamides is 1. The molecule has 6 heteroatoms. The molecule has 0 aliphatic carbocycles. The van der Waals surface area contributed by atoms with Gasteiger partial charge in [0.2, 0.25) is 15.9 Å². The van der Waals surface area contributed by atoms with E-state index in [9.17, 15) is 13.2 Å². The van der Waals surface area contributed by atoms with Crippen molar-refractivity contribution in [2.24, 2.45) is 0 Å². The summed E-state index contributed by atoms with van der Waals surface area (Å²) in [7, 11) is -3.62. The van der Waals surface area contributed by atoms with Gasteiger partial charge in [0.1, 0.15) is 6.04 Å². The van der Waals surface area contributed by atoms with Gasteiger partial charge in [-0.3, -0.25) is 9.10 Å². The van der Waals surface area contributed by atoms with E-state index in [0.29, 0.717) is 17.3 Å². The van der Waals surface area contributed by atoms with Crippen molar-refractivity contribution in [3.63, 3.8) is 0 Å². The number of nitrogens with zero attached hydrogens (tertiary/aromatic N) is 1. The zero-order valence-electron chi connectivity index (χ0n) is 16.6. The molecule has 0 heterocycles. The smallest absolute Gasteiger partial charge is 0.247 e. The highest BCUT2D eigenvalue weighted by Gasteiger charge is 2.29. The Bertz CT molecular complexity index is 873. The van der Waals surface area contributed by atoms with Gasteiger partial charge >= 0.3 is 0 Å². The van der Waals surface area contributed by atoms with E-state index < -0.39 is 16.1 Å². The molecule has 0 aliphatic heterocycles. The molecular formula is C21H28N2O3S. The van der Waals surface area contributed by atoms with Crippen LogP contribution in [0.2, 0.25) is 0 Å². The fourth-order valence-corrected chi connectivity index (χ4v) is 4.06. The number of hydrogen-bond donors (Lipinski definition) is 1. The maximum absolute atomic E-state index is 12.7. The molecule has 5 nitrogen and oxygen atoms in total. The number of hydrogen-bond acceptors (Lipinski definition) is 3. The van der Waals surface area contributed by atoms with Crippen molar-refractivity contribution in [3.05, 3.63) is 59.7 Å². The van der Waals surface area contributed by atoms with Crippen molar-refractivity contribution in [2.75, 3.05) is 15.9 Å². The molecule has 0 saturated carbocycles. The summed E-state index contributed by atoms with van der Waals surface area (Å²) >= 11 is 0. The first-order valence-corrected chi connectivity index (χ1v) is 11.0. The second-order valence-electron chi connectivity index (χ2n) is 7.02. The third-order valence-electron chi connectivity index (χ3n) is 4.53. The molecule has 1 N–H and O–H groups in total. The number of aryl methyl sites for hydroxylation is 1. The fraction of sp³-hybridized carbons (Fsp3) is 0.381. The number of nitrogens with one attached hydrogen (secondary N) is 1. The molecule has 0 spiro atoms. The molecule has 0 aliphatic rings.